The molecular formula is C12H11FN2O3. The standard InChI is InChI=1S/C12H11FN2O3/c1-15-8-2-3-9(17)7(6-16)12(8)14-11(15)5-4-10(13)18/h2-3,6,17H,4-5H2,1H3. The second-order valence-electron chi connectivity index (χ2n) is 3.93. The van der Waals surface area contributed by atoms with Crippen molar-refractivity contribution in [3.05, 3.63) is 23.5 Å². The molecule has 1 aromatic heterocycles. The van der Waals surface area contributed by atoms with Crippen LogP contribution in [0.2, 0.25) is 0 Å². The minimum absolute atomic E-state index is 0.0981. The first-order valence-corrected chi connectivity index (χ1v) is 5.35. The summed E-state index contributed by atoms with van der Waals surface area (Å²) in [6.45, 7) is 0. The molecule has 94 valence electrons. The molecule has 0 unspecified atom stereocenters. The molecule has 0 fully saturated rings. The van der Waals surface area contributed by atoms with E-state index in [0.717, 1.165) is 0 Å². The molecule has 0 radical (unpaired) electrons. The highest BCUT2D eigenvalue weighted by Gasteiger charge is 2.14. The Morgan fingerprint density at radius 1 is 1.56 bits per heavy atom. The van der Waals surface area contributed by atoms with Gasteiger partial charge in [0.05, 0.1) is 11.1 Å². The van der Waals surface area contributed by atoms with Gasteiger partial charge in [0.1, 0.15) is 17.1 Å². The molecule has 0 spiro atoms. The smallest absolute Gasteiger partial charge is 0.301 e. The third-order valence-electron chi connectivity index (χ3n) is 2.83. The number of hydrogen-bond donors (Lipinski definition) is 1. The zero-order chi connectivity index (χ0) is 13.3. The number of benzene rings is 1. The molecule has 2 rings (SSSR count). The predicted molar refractivity (Wildman–Crippen MR) is 62.2 cm³/mol. The van der Waals surface area contributed by atoms with E-state index in [9.17, 15) is 19.1 Å². The SMILES string of the molecule is Cn1c(CCC(=O)F)nc2c(C=O)c(O)ccc21. The lowest BCUT2D eigenvalue weighted by Gasteiger charge is -2.00. The molecule has 0 amide bonds. The Balaban J connectivity index is 2.55. The highest BCUT2D eigenvalue weighted by molar-refractivity contribution is 5.97. The maximum atomic E-state index is 12.2. The summed E-state index contributed by atoms with van der Waals surface area (Å²) in [7, 11) is 1.71. The average molecular weight is 250 g/mol. The van der Waals surface area contributed by atoms with E-state index in [4.69, 9.17) is 0 Å². The summed E-state index contributed by atoms with van der Waals surface area (Å²) in [5.41, 5.74) is 1.10. The normalized spacial score (nSPS) is 10.8. The van der Waals surface area contributed by atoms with Gasteiger partial charge >= 0.3 is 6.04 Å². The van der Waals surface area contributed by atoms with Crippen LogP contribution in [0.3, 0.4) is 0 Å². The molecule has 0 aliphatic rings. The number of rotatable bonds is 4. The number of nitrogens with zero attached hydrogens (tertiary/aromatic N) is 2. The largest absolute Gasteiger partial charge is 0.507 e. The molecule has 18 heavy (non-hydrogen) atoms. The van der Waals surface area contributed by atoms with Crippen LogP contribution in [0.25, 0.3) is 11.0 Å². The van der Waals surface area contributed by atoms with Gasteiger partial charge in [-0.3, -0.25) is 9.59 Å². The number of halogens is 1. The van der Waals surface area contributed by atoms with Gasteiger partial charge in [-0.05, 0) is 12.1 Å². The van der Waals surface area contributed by atoms with Crippen molar-refractivity contribution < 1.29 is 19.1 Å². The zero-order valence-electron chi connectivity index (χ0n) is 9.68. The lowest BCUT2D eigenvalue weighted by Crippen LogP contribution is -2.00. The van der Waals surface area contributed by atoms with Crippen LogP contribution in [0, 0.1) is 0 Å². The molecular weight excluding hydrogens is 239 g/mol. The van der Waals surface area contributed by atoms with Gasteiger partial charge in [-0.15, -0.1) is 0 Å². The van der Waals surface area contributed by atoms with Crippen LogP contribution in [0.15, 0.2) is 12.1 Å². The quantitative estimate of drug-likeness (QED) is 0.659. The molecule has 6 heteroatoms. The first-order valence-electron chi connectivity index (χ1n) is 5.35. The van der Waals surface area contributed by atoms with Crippen molar-refractivity contribution in [3.8, 4) is 5.75 Å². The summed E-state index contributed by atoms with van der Waals surface area (Å²) in [4.78, 5) is 25.4. The fraction of sp³-hybridized carbons (Fsp3) is 0.250. The van der Waals surface area contributed by atoms with E-state index in [-0.39, 0.29) is 24.2 Å². The minimum Gasteiger partial charge on any atom is -0.507 e. The van der Waals surface area contributed by atoms with Gasteiger partial charge in [0.25, 0.3) is 0 Å². The van der Waals surface area contributed by atoms with Crippen LogP contribution >= 0.6 is 0 Å². The highest BCUT2D eigenvalue weighted by atomic mass is 19.1. The van der Waals surface area contributed by atoms with Crippen molar-refractivity contribution in [2.24, 2.45) is 7.05 Å². The zero-order valence-corrected chi connectivity index (χ0v) is 9.68. The lowest BCUT2D eigenvalue weighted by atomic mass is 10.2. The number of phenols is 1. The highest BCUT2D eigenvalue weighted by Crippen LogP contribution is 2.25. The summed E-state index contributed by atoms with van der Waals surface area (Å²) in [5.74, 6) is 0.341. The van der Waals surface area contributed by atoms with Crippen LogP contribution in [0.1, 0.15) is 22.6 Å². The van der Waals surface area contributed by atoms with E-state index >= 15 is 0 Å². The van der Waals surface area contributed by atoms with Crippen molar-refractivity contribution in [2.45, 2.75) is 12.8 Å². The fourth-order valence-corrected chi connectivity index (χ4v) is 1.87. The maximum Gasteiger partial charge on any atom is 0.301 e. The second-order valence-corrected chi connectivity index (χ2v) is 3.93. The van der Waals surface area contributed by atoms with E-state index < -0.39 is 6.04 Å². The predicted octanol–water partition coefficient (Wildman–Crippen LogP) is 1.52. The van der Waals surface area contributed by atoms with Crippen molar-refractivity contribution in [1.29, 1.82) is 0 Å². The number of aromatic hydroxyl groups is 1. The van der Waals surface area contributed by atoms with Crippen molar-refractivity contribution in [3.63, 3.8) is 0 Å². The fourth-order valence-electron chi connectivity index (χ4n) is 1.87. The van der Waals surface area contributed by atoms with Gasteiger partial charge in [0.2, 0.25) is 0 Å². The molecule has 0 atom stereocenters. The number of aryl methyl sites for hydroxylation is 2. The average Bonchev–Trinajstić information content (AvgIpc) is 2.64. The third kappa shape index (κ3) is 1.97. The van der Waals surface area contributed by atoms with Crippen LogP contribution in [0.4, 0.5) is 4.39 Å². The number of aldehydes is 1. The molecule has 1 heterocycles. The molecule has 0 bridgehead atoms. The Kier molecular flexibility index (Phi) is 3.10. The van der Waals surface area contributed by atoms with Gasteiger partial charge in [0.15, 0.2) is 6.29 Å². The number of hydrogen-bond acceptors (Lipinski definition) is 4. The van der Waals surface area contributed by atoms with Crippen LogP contribution in [0.5, 0.6) is 5.75 Å². The molecule has 0 saturated heterocycles. The third-order valence-corrected chi connectivity index (χ3v) is 2.83. The second kappa shape index (κ2) is 4.56. The number of phenolic OH excluding ortho intramolecular Hbond substituents is 1. The van der Waals surface area contributed by atoms with Crippen molar-refractivity contribution in [2.75, 3.05) is 0 Å². The molecule has 1 N–H and O–H groups in total. The Bertz CT molecular complexity index is 634. The lowest BCUT2D eigenvalue weighted by molar-refractivity contribution is -0.129. The van der Waals surface area contributed by atoms with Crippen molar-refractivity contribution >= 4 is 23.4 Å². The summed E-state index contributed by atoms with van der Waals surface area (Å²) in [6, 6.07) is 1.61. The first kappa shape index (κ1) is 12.2. The van der Waals surface area contributed by atoms with E-state index in [1.54, 1.807) is 17.7 Å². The number of aromatic nitrogens is 2. The molecule has 0 saturated carbocycles. The topological polar surface area (TPSA) is 72.2 Å². The van der Waals surface area contributed by atoms with Gasteiger partial charge in [-0.25, -0.2) is 4.98 Å². The molecule has 0 aliphatic carbocycles. The Morgan fingerprint density at radius 2 is 2.28 bits per heavy atom. The van der Waals surface area contributed by atoms with E-state index in [1.165, 1.54) is 6.07 Å². The van der Waals surface area contributed by atoms with E-state index in [1.807, 2.05) is 0 Å². The summed E-state index contributed by atoms with van der Waals surface area (Å²) in [5, 5.41) is 9.53. The minimum atomic E-state index is -1.40. The summed E-state index contributed by atoms with van der Waals surface area (Å²) < 4.78 is 13.9. The number of carbonyl (C=O) groups is 2. The van der Waals surface area contributed by atoms with E-state index in [0.29, 0.717) is 23.1 Å². The van der Waals surface area contributed by atoms with Gasteiger partial charge in [0, 0.05) is 19.9 Å². The van der Waals surface area contributed by atoms with Gasteiger partial charge in [-0.2, -0.15) is 4.39 Å². The van der Waals surface area contributed by atoms with Crippen molar-refractivity contribution in [1.82, 2.24) is 9.55 Å². The molecule has 5 nitrogen and oxygen atoms in total. The van der Waals surface area contributed by atoms with Crippen LogP contribution in [-0.4, -0.2) is 27.0 Å². The monoisotopic (exact) mass is 250 g/mol. The van der Waals surface area contributed by atoms with E-state index in [2.05, 4.69) is 4.98 Å². The Labute approximate surface area is 102 Å². The van der Waals surface area contributed by atoms with Crippen LogP contribution in [-0.2, 0) is 18.3 Å². The molecule has 2 aromatic rings. The summed E-state index contributed by atoms with van der Waals surface area (Å²) in [6.07, 6.45) is 0.424. The number of carbonyl (C=O) groups excluding carboxylic acids is 2. The first-order chi connectivity index (χ1) is 8.54. The number of fused-ring (bicyclic) bond motifs is 1. The van der Waals surface area contributed by atoms with Crippen LogP contribution < -0.4 is 0 Å². The molecule has 0 aliphatic heterocycles. The van der Waals surface area contributed by atoms with Gasteiger partial charge < -0.3 is 9.67 Å². The molecule has 1 aromatic carbocycles. The summed E-state index contributed by atoms with van der Waals surface area (Å²) >= 11 is 0. The van der Waals surface area contributed by atoms with Gasteiger partial charge in [-0.1, -0.05) is 0 Å². The maximum absolute atomic E-state index is 12.2. The Hall–Kier alpha value is -2.24. The number of imidazole rings is 1. The Morgan fingerprint density at radius 3 is 2.89 bits per heavy atom.